The zero-order chi connectivity index (χ0) is 27.1. The summed E-state index contributed by atoms with van der Waals surface area (Å²) in [5.41, 5.74) is 4.19. The Hall–Kier alpha value is -3.19. The van der Waals surface area contributed by atoms with E-state index in [4.69, 9.17) is 14.2 Å². The predicted molar refractivity (Wildman–Crippen MR) is 159 cm³/mol. The van der Waals surface area contributed by atoms with E-state index in [0.29, 0.717) is 19.8 Å². The Morgan fingerprint density at radius 2 is 1.26 bits per heavy atom. The van der Waals surface area contributed by atoms with E-state index >= 15 is 0 Å². The van der Waals surface area contributed by atoms with Crippen LogP contribution >= 0.6 is 11.8 Å². The van der Waals surface area contributed by atoms with E-state index in [2.05, 4.69) is 24.5 Å². The molecule has 0 heterocycles. The number of hydrogen-bond donors (Lipinski definition) is 1. The topological polar surface area (TPSA) is 47.9 Å². The lowest BCUT2D eigenvalue weighted by Gasteiger charge is -2.29. The Bertz CT molecular complexity index is 1250. The summed E-state index contributed by atoms with van der Waals surface area (Å²) in [5.74, 6) is 0. The summed E-state index contributed by atoms with van der Waals surface area (Å²) in [6.45, 7) is 1.28. The molecule has 0 saturated heterocycles. The lowest BCUT2D eigenvalue weighted by Crippen LogP contribution is -2.42. The van der Waals surface area contributed by atoms with Gasteiger partial charge in [-0.2, -0.15) is 0 Å². The van der Waals surface area contributed by atoms with Crippen LogP contribution in [0.2, 0.25) is 0 Å². The molecule has 0 bridgehead atoms. The van der Waals surface area contributed by atoms with E-state index in [-0.39, 0.29) is 6.61 Å². The molecule has 4 rings (SSSR count). The Labute approximate surface area is 236 Å². The molecule has 0 aliphatic rings. The molecule has 0 radical (unpaired) electrons. The molecule has 0 fully saturated rings. The maximum absolute atomic E-state index is 11.3. The number of benzene rings is 4. The van der Waals surface area contributed by atoms with E-state index in [1.54, 1.807) is 11.8 Å². The van der Waals surface area contributed by atoms with Crippen molar-refractivity contribution in [3.8, 4) is 0 Å². The Balaban J connectivity index is 1.54. The quantitative estimate of drug-likeness (QED) is 0.162. The third kappa shape index (κ3) is 9.81. The fourth-order valence-corrected chi connectivity index (χ4v) is 4.60. The lowest BCUT2D eigenvalue weighted by molar-refractivity contribution is -0.133. The molecule has 202 valence electrons. The van der Waals surface area contributed by atoms with Crippen molar-refractivity contribution < 1.29 is 19.3 Å². The van der Waals surface area contributed by atoms with Gasteiger partial charge in [-0.05, 0) is 40.6 Å². The van der Waals surface area contributed by atoms with Crippen LogP contribution in [0.15, 0.2) is 126 Å². The number of aliphatic hydroxyl groups excluding tert-OH is 1. The van der Waals surface area contributed by atoms with Gasteiger partial charge in [0.2, 0.25) is 0 Å². The van der Waals surface area contributed by atoms with Gasteiger partial charge in [0.05, 0.1) is 26.4 Å². The van der Waals surface area contributed by atoms with Crippen molar-refractivity contribution in [2.24, 2.45) is 0 Å². The molecule has 39 heavy (non-hydrogen) atoms. The molecule has 0 aromatic heterocycles. The average Bonchev–Trinajstić information content (AvgIpc) is 3.00. The Kier molecular flexibility index (Phi) is 11.8. The first kappa shape index (κ1) is 28.8. The van der Waals surface area contributed by atoms with Crippen molar-refractivity contribution >= 4 is 17.8 Å². The predicted octanol–water partition coefficient (Wildman–Crippen LogP) is 7.17. The van der Waals surface area contributed by atoms with Crippen LogP contribution in [0, 0.1) is 0 Å². The fourth-order valence-electron chi connectivity index (χ4n) is 4.14. The molecule has 1 N–H and O–H groups in total. The maximum Gasteiger partial charge on any atom is 0.116 e. The highest BCUT2D eigenvalue weighted by Crippen LogP contribution is 2.20. The van der Waals surface area contributed by atoms with Crippen LogP contribution in [0.1, 0.15) is 22.3 Å². The molecule has 3 atom stereocenters. The van der Waals surface area contributed by atoms with Crippen molar-refractivity contribution in [1.29, 1.82) is 0 Å². The first-order valence-corrected chi connectivity index (χ1v) is 14.4. The van der Waals surface area contributed by atoms with Crippen LogP contribution in [0.4, 0.5) is 0 Å². The summed E-state index contributed by atoms with van der Waals surface area (Å²) in [7, 11) is 0. The molecule has 0 unspecified atom stereocenters. The van der Waals surface area contributed by atoms with Crippen LogP contribution in [-0.4, -0.2) is 36.3 Å². The van der Waals surface area contributed by atoms with Gasteiger partial charge in [0, 0.05) is 4.90 Å². The van der Waals surface area contributed by atoms with Crippen LogP contribution in [0.25, 0.3) is 6.08 Å². The van der Waals surface area contributed by atoms with Crippen molar-refractivity contribution in [3.63, 3.8) is 0 Å². The largest absolute Gasteiger partial charge is 0.388 e. The van der Waals surface area contributed by atoms with Crippen molar-refractivity contribution in [1.82, 2.24) is 0 Å². The van der Waals surface area contributed by atoms with Crippen molar-refractivity contribution in [3.05, 3.63) is 144 Å². The molecule has 5 heteroatoms. The van der Waals surface area contributed by atoms with Gasteiger partial charge >= 0.3 is 0 Å². The van der Waals surface area contributed by atoms with Crippen LogP contribution in [0.3, 0.4) is 0 Å². The van der Waals surface area contributed by atoms with E-state index < -0.39 is 18.3 Å². The summed E-state index contributed by atoms with van der Waals surface area (Å²) in [6.07, 6.45) is 4.02. The number of aliphatic hydroxyl groups is 1. The summed E-state index contributed by atoms with van der Waals surface area (Å²) in [6, 6.07) is 38.3. The molecule has 4 nitrogen and oxygen atoms in total. The smallest absolute Gasteiger partial charge is 0.116 e. The Morgan fingerprint density at radius 1 is 0.692 bits per heavy atom. The molecular weight excluding hydrogens is 504 g/mol. The zero-order valence-corrected chi connectivity index (χ0v) is 23.1. The highest BCUT2D eigenvalue weighted by molar-refractivity contribution is 7.98. The summed E-state index contributed by atoms with van der Waals surface area (Å²) in [4.78, 5) is 1.19. The number of thioether (sulfide) groups is 1. The SMILES string of the molecule is CSc1cccc(/C=C/[C@@H](OCc2ccccc2)[C@H](OCc2ccccc2)[C@H](O)COCc2ccccc2)c1. The zero-order valence-electron chi connectivity index (χ0n) is 22.3. The molecule has 0 amide bonds. The average molecular weight is 541 g/mol. The number of ether oxygens (including phenoxy) is 3. The molecule has 4 aromatic rings. The van der Waals surface area contributed by atoms with Crippen molar-refractivity contribution in [2.75, 3.05) is 12.9 Å². The maximum atomic E-state index is 11.3. The van der Waals surface area contributed by atoms with Gasteiger partial charge in [-0.15, -0.1) is 11.8 Å². The molecule has 0 aliphatic carbocycles. The summed E-state index contributed by atoms with van der Waals surface area (Å²) < 4.78 is 18.7. The molecule has 4 aromatic carbocycles. The third-order valence-corrected chi connectivity index (χ3v) is 6.97. The fraction of sp³-hybridized carbons (Fsp3) is 0.235. The van der Waals surface area contributed by atoms with E-state index in [1.165, 1.54) is 4.90 Å². The van der Waals surface area contributed by atoms with Gasteiger partial charge in [-0.3, -0.25) is 0 Å². The second kappa shape index (κ2) is 16.0. The van der Waals surface area contributed by atoms with E-state index in [1.807, 2.05) is 109 Å². The van der Waals surface area contributed by atoms with Gasteiger partial charge in [-0.1, -0.05) is 115 Å². The van der Waals surface area contributed by atoms with Crippen molar-refractivity contribution in [2.45, 2.75) is 43.0 Å². The highest BCUT2D eigenvalue weighted by atomic mass is 32.2. The third-order valence-electron chi connectivity index (χ3n) is 6.25. The summed E-state index contributed by atoms with van der Waals surface area (Å²) >= 11 is 1.70. The standard InChI is InChI=1S/C34H36O4S/c1-39-31-19-11-18-27(22-31)20-21-33(37-24-29-14-7-3-8-15-29)34(38-25-30-16-9-4-10-17-30)32(35)26-36-23-28-12-5-2-6-13-28/h2-22,32-35H,23-26H2,1H3/b21-20+/t32-,33-,34-/m1/s1. The second-order valence-corrected chi connectivity index (χ2v) is 10.1. The second-order valence-electron chi connectivity index (χ2n) is 9.23. The normalized spacial score (nSPS) is 13.8. The monoisotopic (exact) mass is 540 g/mol. The molecule has 0 spiro atoms. The molecular formula is C34H36O4S. The van der Waals surface area contributed by atoms with Gasteiger partial charge in [0.1, 0.15) is 18.3 Å². The Morgan fingerprint density at radius 3 is 1.85 bits per heavy atom. The lowest BCUT2D eigenvalue weighted by atomic mass is 10.1. The van der Waals surface area contributed by atoms with Crippen LogP contribution in [-0.2, 0) is 34.0 Å². The molecule has 0 aliphatic heterocycles. The van der Waals surface area contributed by atoms with E-state index in [9.17, 15) is 5.11 Å². The van der Waals surface area contributed by atoms with Gasteiger partial charge < -0.3 is 19.3 Å². The minimum absolute atomic E-state index is 0.120. The molecule has 0 saturated carbocycles. The highest BCUT2D eigenvalue weighted by Gasteiger charge is 2.29. The van der Waals surface area contributed by atoms with Crippen LogP contribution < -0.4 is 0 Å². The number of rotatable bonds is 15. The minimum atomic E-state index is -0.902. The first-order chi connectivity index (χ1) is 19.2. The first-order valence-electron chi connectivity index (χ1n) is 13.1. The minimum Gasteiger partial charge on any atom is -0.388 e. The van der Waals surface area contributed by atoms with Crippen LogP contribution in [0.5, 0.6) is 0 Å². The van der Waals surface area contributed by atoms with E-state index in [0.717, 1.165) is 22.3 Å². The van der Waals surface area contributed by atoms with Gasteiger partial charge in [-0.25, -0.2) is 0 Å². The summed E-state index contributed by atoms with van der Waals surface area (Å²) in [5, 5.41) is 11.3. The number of hydrogen-bond acceptors (Lipinski definition) is 5. The van der Waals surface area contributed by atoms with Gasteiger partial charge in [0.15, 0.2) is 0 Å². The van der Waals surface area contributed by atoms with Gasteiger partial charge in [0.25, 0.3) is 0 Å².